The summed E-state index contributed by atoms with van der Waals surface area (Å²) in [7, 11) is 18.3. The third-order valence-corrected chi connectivity index (χ3v) is 10.8. The molecular weight excluding hydrogens is 644 g/mol. The molecule has 4 amide bonds. The number of rotatable bonds is 27. The molecule has 0 aromatic heterocycles. The molecule has 0 aromatic rings. The zero-order chi connectivity index (χ0) is 38.6. The van der Waals surface area contributed by atoms with Gasteiger partial charge >= 0.3 is 0 Å². The summed E-state index contributed by atoms with van der Waals surface area (Å²) in [6.07, 6.45) is 15.8. The average molecular weight is 727 g/mol. The fourth-order valence-electron chi connectivity index (χ4n) is 7.39. The molecule has 0 spiro atoms. The Morgan fingerprint density at radius 3 is 1.12 bits per heavy atom. The minimum Gasteiger partial charge on any atom is -0.354 e. The van der Waals surface area contributed by atoms with Crippen molar-refractivity contribution in [2.24, 2.45) is 0 Å². The molecule has 2 unspecified atom stereocenters. The maximum atomic E-state index is 13.4. The van der Waals surface area contributed by atoms with E-state index in [0.717, 1.165) is 60.6 Å². The molecule has 4 N–H and O–H groups in total. The summed E-state index contributed by atoms with van der Waals surface area (Å²) >= 11 is 0. The Morgan fingerprint density at radius 1 is 0.471 bits per heavy atom. The zero-order valence-corrected chi connectivity index (χ0v) is 34.8. The maximum absolute atomic E-state index is 13.4. The van der Waals surface area contributed by atoms with Crippen LogP contribution in [-0.4, -0.2) is 176 Å². The fraction of sp³-hybridized carbons (Fsp3) is 0.897. The van der Waals surface area contributed by atoms with Gasteiger partial charge in [-0.2, -0.15) is 0 Å². The second kappa shape index (κ2) is 23.4. The topological polar surface area (TPSA) is 116 Å². The summed E-state index contributed by atoms with van der Waals surface area (Å²) in [6, 6.07) is 0.250. The van der Waals surface area contributed by atoms with Gasteiger partial charge in [0.05, 0.1) is 94.6 Å². The fourth-order valence-corrected chi connectivity index (χ4v) is 7.39. The van der Waals surface area contributed by atoms with Crippen LogP contribution in [-0.2, 0) is 19.2 Å². The zero-order valence-electron chi connectivity index (χ0n) is 34.8. The number of quaternary nitrogens is 4. The van der Waals surface area contributed by atoms with Crippen LogP contribution in [0, 0.1) is 0 Å². The molecule has 0 bridgehead atoms. The molecule has 1 rings (SSSR count). The lowest BCUT2D eigenvalue weighted by molar-refractivity contribution is -0.934. The van der Waals surface area contributed by atoms with Crippen molar-refractivity contribution < 1.29 is 37.1 Å². The predicted molar refractivity (Wildman–Crippen MR) is 209 cm³/mol. The Bertz CT molecular complexity index is 1040. The Morgan fingerprint density at radius 2 is 0.784 bits per heavy atom. The number of hydrogen-bond donors (Lipinski definition) is 4. The average Bonchev–Trinajstić information content (AvgIpc) is 3.02. The highest BCUT2D eigenvalue weighted by Gasteiger charge is 2.45. The van der Waals surface area contributed by atoms with Crippen molar-refractivity contribution in [1.29, 1.82) is 0 Å². The number of nitrogens with one attached hydrogen (secondary N) is 4. The highest BCUT2D eigenvalue weighted by Crippen LogP contribution is 2.32. The minimum absolute atomic E-state index is 0.000456. The van der Waals surface area contributed by atoms with Crippen LogP contribution in [0.1, 0.15) is 96.8 Å². The third-order valence-electron chi connectivity index (χ3n) is 10.8. The van der Waals surface area contributed by atoms with Crippen LogP contribution in [0.2, 0.25) is 0 Å². The standard InChI is InChI=1S/C39H78N8O4/c1-11-12-13-14-15-16-17-18-19-20-25-41-37(49)31-47(10,33-39(51)43-27-29-45(6,7)8)35-23-21-34(22-24-35)46(9,30-36(48)40-2)32-38(50)42-26-28-44(3,4)5/h34-35H,11-33H2,1-10H3/p+4. The van der Waals surface area contributed by atoms with Crippen molar-refractivity contribution in [2.45, 2.75) is 109 Å². The van der Waals surface area contributed by atoms with E-state index in [1.54, 1.807) is 7.05 Å². The van der Waals surface area contributed by atoms with Crippen molar-refractivity contribution >= 4 is 23.6 Å². The number of carbonyl (C=O) groups excluding carboxylic acids is 4. The summed E-state index contributed by atoms with van der Waals surface area (Å²) in [6.45, 7) is 6.72. The number of likely N-dealkylation sites (N-methyl/N-ethyl adjacent to an activating group) is 5. The van der Waals surface area contributed by atoms with Gasteiger partial charge in [0.15, 0.2) is 26.2 Å². The molecular formula is C39H82N8O4+4. The summed E-state index contributed by atoms with van der Waals surface area (Å²) in [4.78, 5) is 52.5. The van der Waals surface area contributed by atoms with Crippen LogP contribution in [0.5, 0.6) is 0 Å². The van der Waals surface area contributed by atoms with E-state index >= 15 is 0 Å². The molecule has 2 atom stereocenters. The van der Waals surface area contributed by atoms with E-state index < -0.39 is 0 Å². The second-order valence-electron chi connectivity index (χ2n) is 18.0. The highest BCUT2D eigenvalue weighted by atomic mass is 16.2. The van der Waals surface area contributed by atoms with Gasteiger partial charge < -0.3 is 39.2 Å². The van der Waals surface area contributed by atoms with Gasteiger partial charge in [-0.05, 0) is 6.42 Å². The summed E-state index contributed by atoms with van der Waals surface area (Å²) in [5.74, 6) is -0.145. The molecule has 298 valence electrons. The van der Waals surface area contributed by atoms with Gasteiger partial charge in [0.1, 0.15) is 0 Å². The van der Waals surface area contributed by atoms with Gasteiger partial charge in [0, 0.05) is 39.3 Å². The van der Waals surface area contributed by atoms with Crippen molar-refractivity contribution in [2.75, 3.05) is 122 Å². The van der Waals surface area contributed by atoms with Crippen molar-refractivity contribution in [3.63, 3.8) is 0 Å². The van der Waals surface area contributed by atoms with Gasteiger partial charge in [-0.3, -0.25) is 19.2 Å². The van der Waals surface area contributed by atoms with Crippen LogP contribution < -0.4 is 21.3 Å². The van der Waals surface area contributed by atoms with E-state index in [0.29, 0.717) is 28.6 Å². The molecule has 0 saturated heterocycles. The van der Waals surface area contributed by atoms with Gasteiger partial charge in [0.2, 0.25) is 0 Å². The van der Waals surface area contributed by atoms with Crippen molar-refractivity contribution in [3.8, 4) is 0 Å². The first kappa shape index (κ1) is 46.7. The van der Waals surface area contributed by atoms with Crippen LogP contribution in [0.15, 0.2) is 0 Å². The van der Waals surface area contributed by atoms with E-state index in [1.807, 2.05) is 7.05 Å². The largest absolute Gasteiger partial charge is 0.354 e. The molecule has 1 aliphatic rings. The molecule has 0 radical (unpaired) electrons. The second-order valence-corrected chi connectivity index (χ2v) is 18.0. The lowest BCUT2D eigenvalue weighted by Gasteiger charge is -2.47. The van der Waals surface area contributed by atoms with Crippen LogP contribution in [0.25, 0.3) is 0 Å². The van der Waals surface area contributed by atoms with Crippen molar-refractivity contribution in [3.05, 3.63) is 0 Å². The summed E-state index contributed by atoms with van der Waals surface area (Å²) in [5.41, 5.74) is 0. The number of carbonyl (C=O) groups is 4. The summed E-state index contributed by atoms with van der Waals surface area (Å²) in [5, 5.41) is 12.1. The van der Waals surface area contributed by atoms with Gasteiger partial charge in [0.25, 0.3) is 23.6 Å². The van der Waals surface area contributed by atoms with Crippen molar-refractivity contribution in [1.82, 2.24) is 21.3 Å². The smallest absolute Gasteiger partial charge is 0.275 e. The van der Waals surface area contributed by atoms with E-state index in [9.17, 15) is 19.2 Å². The predicted octanol–water partition coefficient (Wildman–Crippen LogP) is 2.62. The van der Waals surface area contributed by atoms with E-state index in [1.165, 1.54) is 51.4 Å². The van der Waals surface area contributed by atoms with Crippen LogP contribution >= 0.6 is 0 Å². The van der Waals surface area contributed by atoms with E-state index in [-0.39, 0.29) is 61.9 Å². The first-order valence-corrected chi connectivity index (χ1v) is 20.1. The molecule has 12 nitrogen and oxygen atoms in total. The lowest BCUT2D eigenvalue weighted by Crippen LogP contribution is -2.64. The highest BCUT2D eigenvalue weighted by molar-refractivity contribution is 5.80. The first-order valence-electron chi connectivity index (χ1n) is 20.1. The molecule has 12 heteroatoms. The molecule has 1 saturated carbocycles. The number of unbranched alkanes of at least 4 members (excludes halogenated alkanes) is 9. The quantitative estimate of drug-likeness (QED) is 0.0770. The normalized spacial score (nSPS) is 19.0. The molecule has 0 heterocycles. The monoisotopic (exact) mass is 727 g/mol. The molecule has 1 aliphatic carbocycles. The van der Waals surface area contributed by atoms with Gasteiger partial charge in [-0.25, -0.2) is 0 Å². The number of amides is 4. The summed E-state index contributed by atoms with van der Waals surface area (Å²) < 4.78 is 2.23. The van der Waals surface area contributed by atoms with Gasteiger partial charge in [-0.1, -0.05) is 64.7 Å². The maximum Gasteiger partial charge on any atom is 0.275 e. The van der Waals surface area contributed by atoms with E-state index in [4.69, 9.17) is 0 Å². The number of hydrogen-bond acceptors (Lipinski definition) is 4. The molecule has 51 heavy (non-hydrogen) atoms. The van der Waals surface area contributed by atoms with E-state index in [2.05, 4.69) is 77.5 Å². The van der Waals surface area contributed by atoms with Crippen LogP contribution in [0.3, 0.4) is 0 Å². The Kier molecular flexibility index (Phi) is 21.4. The van der Waals surface area contributed by atoms with Gasteiger partial charge in [-0.15, -0.1) is 0 Å². The lowest BCUT2D eigenvalue weighted by atomic mass is 9.86. The number of nitrogens with zero attached hydrogens (tertiary/aromatic N) is 4. The molecule has 0 aliphatic heterocycles. The molecule has 1 fully saturated rings. The first-order chi connectivity index (χ1) is 23.8. The SMILES string of the molecule is CCCCCCCCCCCCNC(=O)C[N+](C)(CC(=O)NCC[N+](C)(C)C)C1CCC([N+](C)(CC(=O)NC)CC(=O)NCC[N+](C)(C)C)CC1. The molecule has 0 aromatic carbocycles. The Hall–Kier alpha value is -2.28. The minimum atomic E-state index is -0.0796. The third kappa shape index (κ3) is 21.1. The Balaban J connectivity index is 2.88. The Labute approximate surface area is 312 Å². The van der Waals surface area contributed by atoms with Crippen LogP contribution in [0.4, 0.5) is 0 Å².